The maximum atomic E-state index is 14.4. The van der Waals surface area contributed by atoms with Gasteiger partial charge in [-0.2, -0.15) is 26.3 Å². The summed E-state index contributed by atoms with van der Waals surface area (Å²) in [5, 5.41) is 4.54. The third-order valence-electron chi connectivity index (χ3n) is 5.28. The Morgan fingerprint density at radius 3 is 1.97 bits per heavy atom. The fourth-order valence-corrected chi connectivity index (χ4v) is 3.54. The molecule has 14 heteroatoms. The number of hydrogen-bond donors (Lipinski definition) is 2. The van der Waals surface area contributed by atoms with Gasteiger partial charge in [-0.1, -0.05) is 18.2 Å². The van der Waals surface area contributed by atoms with Crippen molar-refractivity contribution in [2.45, 2.75) is 12.4 Å². The Labute approximate surface area is 205 Å². The van der Waals surface area contributed by atoms with Crippen molar-refractivity contribution in [3.05, 3.63) is 94.7 Å². The lowest BCUT2D eigenvalue weighted by atomic mass is 10.1. The largest absolute Gasteiger partial charge is 0.422 e. The molecule has 1 aromatic heterocycles. The molecule has 0 saturated heterocycles. The first-order valence-corrected chi connectivity index (χ1v) is 10.3. The molecule has 198 valence electrons. The average molecular weight is 547 g/mol. The van der Waals surface area contributed by atoms with Gasteiger partial charge in [-0.05, 0) is 30.3 Å². The number of anilines is 3. The Bertz CT molecular complexity index is 1530. The summed E-state index contributed by atoms with van der Waals surface area (Å²) >= 11 is 0. The normalized spacial score (nSPS) is 12.1. The van der Waals surface area contributed by atoms with E-state index in [4.69, 9.17) is 0 Å². The molecule has 0 aliphatic rings. The van der Waals surface area contributed by atoms with Gasteiger partial charge in [0.25, 0.3) is 5.91 Å². The molecule has 1 amide bonds. The Hall–Kier alpha value is -4.36. The first-order chi connectivity index (χ1) is 17.7. The number of alkyl halides is 6. The fraction of sp³-hybridized carbons (Fsp3) is 0.0833. The number of amides is 1. The van der Waals surface area contributed by atoms with Gasteiger partial charge in [-0.3, -0.25) is 9.78 Å². The summed E-state index contributed by atoms with van der Waals surface area (Å²) in [7, 11) is 0. The van der Waals surface area contributed by atoms with Gasteiger partial charge in [0.15, 0.2) is 23.3 Å². The molecule has 0 radical (unpaired) electrons. The number of nitrogens with one attached hydrogen (secondary N) is 2. The van der Waals surface area contributed by atoms with Crippen LogP contribution in [0.25, 0.3) is 10.9 Å². The SMILES string of the molecule is O=C(Nc1cccc2cccnc12)c1cc(C(F)(F)F)ccc1Nc1c(F)c(F)c(C(F)(F)F)c(F)c1F. The smallest absolute Gasteiger partial charge is 0.350 e. The molecule has 0 spiro atoms. The molecule has 0 bridgehead atoms. The third kappa shape index (κ3) is 4.93. The zero-order valence-electron chi connectivity index (χ0n) is 18.3. The summed E-state index contributed by atoms with van der Waals surface area (Å²) in [6.07, 6.45) is -9.42. The van der Waals surface area contributed by atoms with Crippen LogP contribution in [0.15, 0.2) is 54.7 Å². The minimum absolute atomic E-state index is 0.0282. The minimum atomic E-state index is -5.81. The van der Waals surface area contributed by atoms with Gasteiger partial charge < -0.3 is 10.6 Å². The van der Waals surface area contributed by atoms with Crippen molar-refractivity contribution in [1.29, 1.82) is 0 Å². The van der Waals surface area contributed by atoms with Crippen LogP contribution in [0, 0.1) is 23.3 Å². The zero-order valence-corrected chi connectivity index (χ0v) is 18.3. The van der Waals surface area contributed by atoms with Crippen LogP contribution in [0.4, 0.5) is 61.0 Å². The summed E-state index contributed by atoms with van der Waals surface area (Å²) in [5.74, 6) is -11.9. The second-order valence-electron chi connectivity index (χ2n) is 7.72. The summed E-state index contributed by atoms with van der Waals surface area (Å²) in [5.41, 5.74) is -7.47. The van der Waals surface area contributed by atoms with Crippen molar-refractivity contribution < 1.29 is 48.7 Å². The monoisotopic (exact) mass is 547 g/mol. The van der Waals surface area contributed by atoms with Crippen LogP contribution in [0.1, 0.15) is 21.5 Å². The summed E-state index contributed by atoms with van der Waals surface area (Å²) in [6.45, 7) is 0. The standard InChI is InChI=1S/C24H11F10N3O/c25-16-15(24(32,33)34)17(26)19(28)21(18(16)27)36-13-7-6-11(23(29,30)31)9-12(13)22(38)37-14-5-1-3-10-4-2-8-35-20(10)14/h1-9,36H,(H,37,38). The second-order valence-corrected chi connectivity index (χ2v) is 7.72. The van der Waals surface area contributed by atoms with Crippen LogP contribution < -0.4 is 10.6 Å². The quantitative estimate of drug-likeness (QED) is 0.202. The minimum Gasteiger partial charge on any atom is -0.350 e. The maximum absolute atomic E-state index is 14.4. The molecule has 0 unspecified atom stereocenters. The number of fused-ring (bicyclic) bond motifs is 1. The molecule has 4 rings (SSSR count). The molecule has 0 fully saturated rings. The average Bonchev–Trinajstić information content (AvgIpc) is 2.84. The van der Waals surface area contributed by atoms with Crippen molar-refractivity contribution in [1.82, 2.24) is 4.98 Å². The Morgan fingerprint density at radius 1 is 0.737 bits per heavy atom. The van der Waals surface area contributed by atoms with Gasteiger partial charge >= 0.3 is 12.4 Å². The van der Waals surface area contributed by atoms with Crippen LogP contribution in [0.5, 0.6) is 0 Å². The van der Waals surface area contributed by atoms with Crippen molar-refractivity contribution in [2.24, 2.45) is 0 Å². The molecule has 38 heavy (non-hydrogen) atoms. The highest BCUT2D eigenvalue weighted by Gasteiger charge is 2.42. The summed E-state index contributed by atoms with van der Waals surface area (Å²) < 4.78 is 136. The molecular weight excluding hydrogens is 536 g/mol. The highest BCUT2D eigenvalue weighted by atomic mass is 19.4. The number of nitrogens with zero attached hydrogens (tertiary/aromatic N) is 1. The highest BCUT2D eigenvalue weighted by Crippen LogP contribution is 2.40. The van der Waals surface area contributed by atoms with Crippen LogP contribution >= 0.6 is 0 Å². The number of benzene rings is 3. The number of pyridine rings is 1. The molecule has 0 aliphatic heterocycles. The van der Waals surface area contributed by atoms with Crippen molar-refractivity contribution in [2.75, 3.05) is 10.6 Å². The second kappa shape index (κ2) is 9.50. The van der Waals surface area contributed by atoms with E-state index in [0.29, 0.717) is 17.5 Å². The maximum Gasteiger partial charge on any atom is 0.422 e. The number of para-hydroxylation sites is 1. The predicted octanol–water partition coefficient (Wildman–Crippen LogP) is 7.82. The number of hydrogen-bond acceptors (Lipinski definition) is 3. The number of rotatable bonds is 4. The lowest BCUT2D eigenvalue weighted by Crippen LogP contribution is -2.19. The highest BCUT2D eigenvalue weighted by molar-refractivity contribution is 6.11. The van der Waals surface area contributed by atoms with Gasteiger partial charge in [-0.15, -0.1) is 0 Å². The molecule has 2 N–H and O–H groups in total. The van der Waals surface area contributed by atoms with Crippen LogP contribution in [0.2, 0.25) is 0 Å². The third-order valence-corrected chi connectivity index (χ3v) is 5.28. The van der Waals surface area contributed by atoms with Crippen molar-refractivity contribution in [3.8, 4) is 0 Å². The Balaban J connectivity index is 1.82. The van der Waals surface area contributed by atoms with Gasteiger partial charge in [0.05, 0.1) is 28.0 Å². The van der Waals surface area contributed by atoms with E-state index in [0.717, 1.165) is 0 Å². The first-order valence-electron chi connectivity index (χ1n) is 10.3. The molecule has 3 aromatic carbocycles. The summed E-state index contributed by atoms with van der Waals surface area (Å²) in [6, 6.07) is 8.84. The molecule has 4 nitrogen and oxygen atoms in total. The van der Waals surface area contributed by atoms with Crippen LogP contribution in [-0.2, 0) is 12.4 Å². The predicted molar refractivity (Wildman–Crippen MR) is 116 cm³/mol. The Morgan fingerprint density at radius 2 is 1.37 bits per heavy atom. The molecule has 4 aromatic rings. The first kappa shape index (κ1) is 26.7. The molecule has 0 saturated carbocycles. The lowest BCUT2D eigenvalue weighted by Gasteiger charge is -2.18. The lowest BCUT2D eigenvalue weighted by molar-refractivity contribution is -0.143. The van der Waals surface area contributed by atoms with Crippen molar-refractivity contribution in [3.63, 3.8) is 0 Å². The fourth-order valence-electron chi connectivity index (χ4n) is 3.54. The van der Waals surface area contributed by atoms with E-state index >= 15 is 0 Å². The van der Waals surface area contributed by atoms with Gasteiger partial charge in [0, 0.05) is 11.6 Å². The zero-order chi connectivity index (χ0) is 28.0. The van der Waals surface area contributed by atoms with Gasteiger partial charge in [0.1, 0.15) is 11.3 Å². The van der Waals surface area contributed by atoms with Gasteiger partial charge in [-0.25, -0.2) is 17.6 Å². The van der Waals surface area contributed by atoms with E-state index in [9.17, 15) is 48.7 Å². The van der Waals surface area contributed by atoms with Crippen LogP contribution in [0.3, 0.4) is 0 Å². The van der Waals surface area contributed by atoms with Gasteiger partial charge in [0.2, 0.25) is 0 Å². The van der Waals surface area contributed by atoms with E-state index in [1.165, 1.54) is 18.3 Å². The van der Waals surface area contributed by atoms with E-state index in [1.54, 1.807) is 23.5 Å². The number of halogens is 10. The number of aromatic nitrogens is 1. The summed E-state index contributed by atoms with van der Waals surface area (Å²) in [4.78, 5) is 17.1. The number of carbonyl (C=O) groups excluding carboxylic acids is 1. The van der Waals surface area contributed by atoms with E-state index in [-0.39, 0.29) is 17.3 Å². The number of carbonyl (C=O) groups is 1. The molecule has 1 heterocycles. The van der Waals surface area contributed by atoms with Crippen molar-refractivity contribution >= 4 is 33.9 Å². The molecular formula is C24H11F10N3O. The molecule has 0 atom stereocenters. The van der Waals surface area contributed by atoms with Crippen LogP contribution in [-0.4, -0.2) is 10.9 Å². The van der Waals surface area contributed by atoms with E-state index in [1.807, 2.05) is 0 Å². The molecule has 0 aliphatic carbocycles. The topological polar surface area (TPSA) is 54.0 Å². The van der Waals surface area contributed by atoms with E-state index < -0.39 is 69.6 Å². The Kier molecular flexibility index (Phi) is 6.68. The van der Waals surface area contributed by atoms with E-state index in [2.05, 4.69) is 10.3 Å².